The molecule has 2 aliphatic rings. The number of rotatable bonds is 1. The molecule has 0 spiro atoms. The van der Waals surface area contributed by atoms with Gasteiger partial charge in [0.05, 0.1) is 22.6 Å². The van der Waals surface area contributed by atoms with Gasteiger partial charge in [0.1, 0.15) is 5.82 Å². The quantitative estimate of drug-likeness (QED) is 0.581. The van der Waals surface area contributed by atoms with E-state index in [2.05, 4.69) is 4.98 Å². The van der Waals surface area contributed by atoms with Crippen LogP contribution in [0.25, 0.3) is 27.7 Å². The van der Waals surface area contributed by atoms with Gasteiger partial charge < -0.3 is 5.73 Å². The maximum absolute atomic E-state index is 13.1. The summed E-state index contributed by atoms with van der Waals surface area (Å²) in [5.74, 6) is 0.390. The van der Waals surface area contributed by atoms with Gasteiger partial charge in [0.15, 0.2) is 0 Å². The van der Waals surface area contributed by atoms with E-state index in [1.165, 1.54) is 0 Å². The lowest BCUT2D eigenvalue weighted by Gasteiger charge is -2.09. The lowest BCUT2D eigenvalue weighted by Crippen LogP contribution is -2.17. The van der Waals surface area contributed by atoms with E-state index >= 15 is 0 Å². The van der Waals surface area contributed by atoms with Gasteiger partial charge in [-0.1, -0.05) is 41.9 Å². The third kappa shape index (κ3) is 2.07. The zero-order chi connectivity index (χ0) is 16.0. The number of nitrogen functional groups attached to an aromatic ring is 1. The monoisotopic (exact) mass is 321 g/mol. The van der Waals surface area contributed by atoms with Gasteiger partial charge in [0.25, 0.3) is 5.56 Å². The molecule has 4 nitrogen and oxygen atoms in total. The predicted octanol–water partition coefficient (Wildman–Crippen LogP) is 3.73. The molecular weight excluding hydrogens is 310 g/mol. The number of halogens is 1. The Bertz CT molecular complexity index is 1070. The van der Waals surface area contributed by atoms with Crippen LogP contribution in [-0.4, -0.2) is 9.55 Å². The molecule has 0 radical (unpaired) electrons. The second-order valence-corrected chi connectivity index (χ2v) is 5.67. The summed E-state index contributed by atoms with van der Waals surface area (Å²) in [6, 6.07) is 16.5. The Morgan fingerprint density at radius 3 is 2.61 bits per heavy atom. The summed E-state index contributed by atoms with van der Waals surface area (Å²) in [5, 5.41) is 1.90. The van der Waals surface area contributed by atoms with Gasteiger partial charge in [0, 0.05) is 10.9 Å². The number of para-hydroxylation sites is 1. The molecule has 4 rings (SSSR count). The fourth-order valence-electron chi connectivity index (χ4n) is 2.80. The van der Waals surface area contributed by atoms with Crippen molar-refractivity contribution in [2.75, 3.05) is 5.73 Å². The molecule has 0 bridgehead atoms. The summed E-state index contributed by atoms with van der Waals surface area (Å²) in [6.07, 6.45) is 1.61. The maximum atomic E-state index is 13.1. The minimum absolute atomic E-state index is 0.156. The highest BCUT2D eigenvalue weighted by molar-refractivity contribution is 6.32. The highest BCUT2D eigenvalue weighted by Gasteiger charge is 2.18. The summed E-state index contributed by atoms with van der Waals surface area (Å²) in [5.41, 5.74) is 7.81. The topological polar surface area (TPSA) is 60.9 Å². The molecule has 2 heterocycles. The number of hydrogen-bond acceptors (Lipinski definition) is 3. The van der Waals surface area contributed by atoms with E-state index < -0.39 is 0 Å². The zero-order valence-corrected chi connectivity index (χ0v) is 12.8. The van der Waals surface area contributed by atoms with Crippen molar-refractivity contribution < 1.29 is 0 Å². The van der Waals surface area contributed by atoms with Crippen molar-refractivity contribution in [2.45, 2.75) is 0 Å². The molecule has 5 heteroatoms. The van der Waals surface area contributed by atoms with E-state index in [0.29, 0.717) is 27.6 Å². The van der Waals surface area contributed by atoms with Crippen molar-refractivity contribution in [1.29, 1.82) is 0 Å². The first-order chi connectivity index (χ1) is 11.2. The van der Waals surface area contributed by atoms with Gasteiger partial charge >= 0.3 is 0 Å². The third-order valence-corrected chi connectivity index (χ3v) is 4.23. The van der Waals surface area contributed by atoms with E-state index in [9.17, 15) is 4.79 Å². The van der Waals surface area contributed by atoms with Crippen LogP contribution in [0.1, 0.15) is 0 Å². The number of aromatic nitrogens is 2. The van der Waals surface area contributed by atoms with Crippen LogP contribution in [0.3, 0.4) is 0 Å². The molecule has 2 aromatic carbocycles. The summed E-state index contributed by atoms with van der Waals surface area (Å²) in [7, 11) is 0. The average molecular weight is 322 g/mol. The predicted molar refractivity (Wildman–Crippen MR) is 93.4 cm³/mol. The Kier molecular flexibility index (Phi) is 3.06. The first kappa shape index (κ1) is 13.8. The minimum Gasteiger partial charge on any atom is -0.383 e. The molecule has 0 amide bonds. The molecule has 0 saturated heterocycles. The molecule has 0 aromatic heterocycles. The molecule has 23 heavy (non-hydrogen) atoms. The first-order valence-corrected chi connectivity index (χ1v) is 7.48. The van der Waals surface area contributed by atoms with Crippen LogP contribution < -0.4 is 11.3 Å². The van der Waals surface area contributed by atoms with Crippen LogP contribution >= 0.6 is 11.6 Å². The molecular formula is C18H12ClN3O. The van der Waals surface area contributed by atoms with Crippen LogP contribution in [-0.2, 0) is 0 Å². The van der Waals surface area contributed by atoms with Gasteiger partial charge in [-0.25, -0.2) is 4.98 Å². The minimum atomic E-state index is -0.156. The lowest BCUT2D eigenvalue weighted by molar-refractivity contribution is 1.03. The summed E-state index contributed by atoms with van der Waals surface area (Å²) < 4.78 is 1.57. The van der Waals surface area contributed by atoms with E-state index in [1.54, 1.807) is 29.0 Å². The number of fused-ring (bicyclic) bond motifs is 2. The van der Waals surface area contributed by atoms with Crippen molar-refractivity contribution in [2.24, 2.45) is 0 Å². The molecule has 2 aromatic rings. The van der Waals surface area contributed by atoms with Gasteiger partial charge in [-0.2, -0.15) is 0 Å². The smallest absolute Gasteiger partial charge is 0.263 e. The third-order valence-electron chi connectivity index (χ3n) is 3.91. The molecule has 0 saturated carbocycles. The Morgan fingerprint density at radius 1 is 1.04 bits per heavy atom. The molecule has 2 aliphatic heterocycles. The van der Waals surface area contributed by atoms with Crippen LogP contribution in [0.4, 0.5) is 5.82 Å². The van der Waals surface area contributed by atoms with Gasteiger partial charge in [-0.15, -0.1) is 0 Å². The number of nitrogens with zero attached hydrogens (tertiary/aromatic N) is 2. The van der Waals surface area contributed by atoms with Crippen LogP contribution in [0.5, 0.6) is 0 Å². The summed E-state index contributed by atoms with van der Waals surface area (Å²) >= 11 is 6.32. The maximum Gasteiger partial charge on any atom is 0.263 e. The second kappa shape index (κ2) is 5.11. The molecule has 112 valence electrons. The molecule has 0 aliphatic carbocycles. The highest BCUT2D eigenvalue weighted by atomic mass is 35.5. The largest absolute Gasteiger partial charge is 0.383 e. The number of nitrogens with two attached hydrogens (primary N) is 1. The second-order valence-electron chi connectivity index (χ2n) is 5.27. The lowest BCUT2D eigenvalue weighted by atomic mass is 10.1. The summed E-state index contributed by atoms with van der Waals surface area (Å²) in [6.45, 7) is 0. The average Bonchev–Trinajstić information content (AvgIpc) is 2.85. The Labute approximate surface area is 137 Å². The van der Waals surface area contributed by atoms with E-state index in [-0.39, 0.29) is 5.56 Å². The van der Waals surface area contributed by atoms with Crippen LogP contribution in [0, 0.1) is 0 Å². The van der Waals surface area contributed by atoms with Crippen molar-refractivity contribution in [3.05, 3.63) is 76.2 Å². The van der Waals surface area contributed by atoms with E-state index in [0.717, 1.165) is 10.9 Å². The van der Waals surface area contributed by atoms with E-state index in [1.807, 2.05) is 36.4 Å². The van der Waals surface area contributed by atoms with Gasteiger partial charge in [-0.05, 0) is 29.7 Å². The number of anilines is 1. The Hall–Kier alpha value is -2.85. The van der Waals surface area contributed by atoms with Crippen molar-refractivity contribution in [3.8, 4) is 16.9 Å². The molecule has 0 atom stereocenters. The normalized spacial score (nSPS) is 11.2. The summed E-state index contributed by atoms with van der Waals surface area (Å²) in [4.78, 5) is 17.3. The fraction of sp³-hybridized carbons (Fsp3) is 0. The molecule has 2 N–H and O–H groups in total. The van der Waals surface area contributed by atoms with Crippen LogP contribution in [0.15, 0.2) is 65.6 Å². The van der Waals surface area contributed by atoms with Gasteiger partial charge in [-0.3, -0.25) is 9.36 Å². The van der Waals surface area contributed by atoms with Crippen LogP contribution in [0.2, 0.25) is 5.02 Å². The standard InChI is InChI=1S/C18H12ClN3O/c19-14-7-3-4-8-15(14)22-16-10-21-17(20)13(16)9-11-5-1-2-6-12(11)18(22)23/h1-10H,(H2,20,21). The first-order valence-electron chi connectivity index (χ1n) is 7.11. The Morgan fingerprint density at radius 2 is 1.78 bits per heavy atom. The highest BCUT2D eigenvalue weighted by Crippen LogP contribution is 2.31. The fourth-order valence-corrected chi connectivity index (χ4v) is 3.02. The number of hydrogen-bond donors (Lipinski definition) is 1. The molecule has 0 fully saturated rings. The van der Waals surface area contributed by atoms with Crippen molar-refractivity contribution >= 4 is 28.2 Å². The van der Waals surface area contributed by atoms with Crippen molar-refractivity contribution in [1.82, 2.24) is 9.55 Å². The Balaban J connectivity index is 2.26. The van der Waals surface area contributed by atoms with Gasteiger partial charge in [0.2, 0.25) is 0 Å². The SMILES string of the molecule is Nc1ncc2n(-c3ccccc3Cl)c(=O)c3ccccc3cc1-2. The molecule has 0 unspecified atom stereocenters. The van der Waals surface area contributed by atoms with E-state index in [4.69, 9.17) is 17.3 Å². The number of benzene rings is 2. The van der Waals surface area contributed by atoms with Crippen molar-refractivity contribution in [3.63, 3.8) is 0 Å². The zero-order valence-electron chi connectivity index (χ0n) is 12.0.